The second kappa shape index (κ2) is 17.9. The van der Waals surface area contributed by atoms with Gasteiger partial charge in [-0.15, -0.1) is 0 Å². The Labute approximate surface area is 374 Å². The highest BCUT2D eigenvalue weighted by Gasteiger charge is 2.36. The number of carbonyl (C=O) groups is 2. The molecular weight excluding hydrogens is 840 g/mol. The summed E-state index contributed by atoms with van der Waals surface area (Å²) >= 11 is 7.12. The minimum atomic E-state index is -1.71. The Morgan fingerprint density at radius 3 is 2.27 bits per heavy atom. The predicted octanol–water partition coefficient (Wildman–Crippen LogP) is 8.44. The van der Waals surface area contributed by atoms with Crippen molar-refractivity contribution in [1.82, 2.24) is 34.3 Å². The molecule has 7 aromatic rings. The number of nitrogens with zero attached hydrogens (tertiary/aromatic N) is 8. The van der Waals surface area contributed by atoms with Gasteiger partial charge in [-0.05, 0) is 89.4 Å². The highest BCUT2D eigenvalue weighted by atomic mass is 35.5. The quantitative estimate of drug-likeness (QED) is 0.0789. The van der Waals surface area contributed by atoms with Crippen LogP contribution in [0.25, 0.3) is 39.3 Å². The lowest BCUT2D eigenvalue weighted by Gasteiger charge is -2.34. The third-order valence-corrected chi connectivity index (χ3v) is 11.8. The van der Waals surface area contributed by atoms with Crippen molar-refractivity contribution in [2.75, 3.05) is 18.0 Å². The van der Waals surface area contributed by atoms with Gasteiger partial charge in [-0.2, -0.15) is 20.3 Å². The maximum Gasteiger partial charge on any atom is 0.394 e. The van der Waals surface area contributed by atoms with Crippen LogP contribution in [0.5, 0.6) is 6.08 Å². The van der Waals surface area contributed by atoms with E-state index in [0.29, 0.717) is 39.0 Å². The smallest absolute Gasteiger partial charge is 0.394 e. The Balaban J connectivity index is 1.07. The van der Waals surface area contributed by atoms with Crippen molar-refractivity contribution in [3.63, 3.8) is 0 Å². The van der Waals surface area contributed by atoms with E-state index in [0.717, 1.165) is 59.6 Å². The number of halogens is 1. The van der Waals surface area contributed by atoms with Gasteiger partial charge in [0, 0.05) is 42.0 Å². The van der Waals surface area contributed by atoms with Crippen molar-refractivity contribution < 1.29 is 38.4 Å². The van der Waals surface area contributed by atoms with Crippen LogP contribution < -0.4 is 9.64 Å². The van der Waals surface area contributed by atoms with Crippen LogP contribution in [0.2, 0.25) is 5.02 Å². The number of para-hydroxylation sites is 2. The van der Waals surface area contributed by atoms with Gasteiger partial charge in [0.2, 0.25) is 0 Å². The summed E-state index contributed by atoms with van der Waals surface area (Å²) in [7, 11) is 0. The number of benzene rings is 3. The fraction of sp³-hybridized carbons (Fsp3) is 0.362. The van der Waals surface area contributed by atoms with E-state index in [1.807, 2.05) is 59.7 Å². The molecule has 1 saturated heterocycles. The Hall–Kier alpha value is -6.49. The summed E-state index contributed by atoms with van der Waals surface area (Å²) in [6.07, 6.45) is 4.33. The molecule has 5 heterocycles. The second-order valence-electron chi connectivity index (χ2n) is 16.8. The van der Waals surface area contributed by atoms with E-state index in [1.165, 1.54) is 27.0 Å². The molecular formula is C47H51ClN8O8. The van der Waals surface area contributed by atoms with E-state index in [1.54, 1.807) is 22.9 Å². The largest absolute Gasteiger partial charge is 0.479 e. The number of aryl methyl sites for hydroxylation is 1. The molecule has 0 radical (unpaired) electrons. The molecule has 16 nitrogen and oxygen atoms in total. The predicted molar refractivity (Wildman–Crippen MR) is 240 cm³/mol. The monoisotopic (exact) mass is 890 g/mol. The summed E-state index contributed by atoms with van der Waals surface area (Å²) in [6.45, 7) is 12.8. The number of carboxylic acids is 2. The van der Waals surface area contributed by atoms with Crippen LogP contribution >= 0.6 is 11.6 Å². The van der Waals surface area contributed by atoms with E-state index in [-0.39, 0.29) is 38.4 Å². The van der Waals surface area contributed by atoms with Gasteiger partial charge in [-0.1, -0.05) is 54.1 Å². The molecule has 0 saturated carbocycles. The van der Waals surface area contributed by atoms with Crippen molar-refractivity contribution in [2.45, 2.75) is 98.0 Å². The van der Waals surface area contributed by atoms with Crippen LogP contribution in [0, 0.1) is 0 Å². The number of carboxylic acid groups (broad SMARTS) is 2. The standard InChI is InChI=1S/C47H51ClN8O8/c1-7-54-38-20-30(16-17-32(38)24-50-54)39-21-35(52-56(39)37-15-9-8-14-36(37)53-18-11-19-53)28-62-47(6,44(59)60)23-31-12-10-13-33(42(31)48)26-55-40(41-25-49-45(64-41)63-29(2)3)22-34(51-55)27-61-46(4,5)43(57)58/h8-10,12-17,20-22,24-25,29H,7,11,18-19,23,26-28H2,1-6H3,(H,57,58)(H,59,60). The molecule has 0 aliphatic carbocycles. The van der Waals surface area contributed by atoms with Gasteiger partial charge < -0.3 is 33.7 Å². The third-order valence-electron chi connectivity index (χ3n) is 11.3. The highest BCUT2D eigenvalue weighted by Crippen LogP contribution is 2.35. The van der Waals surface area contributed by atoms with Crippen LogP contribution in [0.1, 0.15) is 70.5 Å². The Kier molecular flexibility index (Phi) is 12.4. The second-order valence-corrected chi connectivity index (χ2v) is 17.2. The molecule has 1 fully saturated rings. The van der Waals surface area contributed by atoms with Gasteiger partial charge in [0.15, 0.2) is 17.0 Å². The SMILES string of the molecule is CCn1ncc2ccc(-c3cc(COC(C)(Cc4cccc(Cn5nc(COC(C)(C)C(=O)O)cc5-c5cnc(OC(C)C)o5)c4Cl)C(=O)O)nn3-c3ccccc3N3CCC3)cc21. The molecule has 0 spiro atoms. The summed E-state index contributed by atoms with van der Waals surface area (Å²) in [4.78, 5) is 31.4. The fourth-order valence-corrected chi connectivity index (χ4v) is 7.74. The highest BCUT2D eigenvalue weighted by molar-refractivity contribution is 6.32. The first kappa shape index (κ1) is 44.1. The molecule has 1 unspecified atom stereocenters. The van der Waals surface area contributed by atoms with Crippen molar-refractivity contribution in [3.8, 4) is 34.5 Å². The normalized spacial score (nSPS) is 14.0. The zero-order valence-corrected chi connectivity index (χ0v) is 37.4. The number of oxazole rings is 1. The van der Waals surface area contributed by atoms with Crippen molar-refractivity contribution in [1.29, 1.82) is 0 Å². The van der Waals surface area contributed by atoms with Crippen LogP contribution in [0.4, 0.5) is 5.69 Å². The minimum absolute atomic E-state index is 0.0641. The fourth-order valence-electron chi connectivity index (χ4n) is 7.49. The maximum absolute atomic E-state index is 13.1. The molecule has 8 rings (SSSR count). The molecule has 1 aliphatic heterocycles. The molecule has 2 N–H and O–H groups in total. The summed E-state index contributed by atoms with van der Waals surface area (Å²) in [5.74, 6) is -1.92. The molecule has 1 aliphatic rings. The number of ether oxygens (including phenoxy) is 3. The van der Waals surface area contributed by atoms with Crippen LogP contribution in [-0.2, 0) is 51.8 Å². The molecule has 3 aromatic carbocycles. The maximum atomic E-state index is 13.1. The van der Waals surface area contributed by atoms with E-state index in [4.69, 9.17) is 40.4 Å². The summed E-state index contributed by atoms with van der Waals surface area (Å²) in [5.41, 5.74) is 4.26. The van der Waals surface area contributed by atoms with Crippen LogP contribution in [0.3, 0.4) is 0 Å². The first-order valence-corrected chi connectivity index (χ1v) is 21.6. The molecule has 4 aromatic heterocycles. The number of rotatable bonds is 19. The lowest BCUT2D eigenvalue weighted by Crippen LogP contribution is -2.40. The average molecular weight is 891 g/mol. The molecule has 334 valence electrons. The van der Waals surface area contributed by atoms with Crippen molar-refractivity contribution >= 4 is 40.1 Å². The Morgan fingerprint density at radius 2 is 1.56 bits per heavy atom. The lowest BCUT2D eigenvalue weighted by atomic mass is 9.95. The molecule has 0 amide bonds. The van der Waals surface area contributed by atoms with Gasteiger partial charge in [-0.25, -0.2) is 14.3 Å². The third kappa shape index (κ3) is 9.12. The number of hydrogen-bond donors (Lipinski definition) is 2. The Morgan fingerprint density at radius 1 is 0.844 bits per heavy atom. The van der Waals surface area contributed by atoms with Crippen LogP contribution in [-0.4, -0.2) is 86.9 Å². The van der Waals surface area contributed by atoms with E-state index < -0.39 is 23.1 Å². The van der Waals surface area contributed by atoms with Gasteiger partial charge >= 0.3 is 18.0 Å². The van der Waals surface area contributed by atoms with Gasteiger partial charge in [0.1, 0.15) is 5.69 Å². The number of aromatic nitrogens is 7. The zero-order valence-electron chi connectivity index (χ0n) is 36.6. The molecule has 64 heavy (non-hydrogen) atoms. The minimum Gasteiger partial charge on any atom is -0.479 e. The summed E-state index contributed by atoms with van der Waals surface area (Å²) in [6, 6.07) is 23.4. The number of aliphatic carboxylic acids is 2. The first-order valence-electron chi connectivity index (χ1n) is 21.2. The average Bonchev–Trinajstić information content (AvgIpc) is 4.06. The lowest BCUT2D eigenvalue weighted by molar-refractivity contribution is -0.165. The zero-order chi connectivity index (χ0) is 45.3. The molecule has 1 atom stereocenters. The summed E-state index contributed by atoms with van der Waals surface area (Å²) < 4.78 is 29.1. The van der Waals surface area contributed by atoms with E-state index in [2.05, 4.69) is 46.2 Å². The molecule has 17 heteroatoms. The van der Waals surface area contributed by atoms with Crippen LogP contribution in [0.15, 0.2) is 89.6 Å². The van der Waals surface area contributed by atoms with Gasteiger partial charge in [-0.3, -0.25) is 9.36 Å². The number of fused-ring (bicyclic) bond motifs is 1. The Bertz CT molecular complexity index is 2820. The van der Waals surface area contributed by atoms with Crippen molar-refractivity contribution in [2.24, 2.45) is 0 Å². The van der Waals surface area contributed by atoms with E-state index in [9.17, 15) is 19.8 Å². The summed E-state index contributed by atoms with van der Waals surface area (Å²) in [5, 5.41) is 36.0. The number of hydrogen-bond acceptors (Lipinski definition) is 11. The van der Waals surface area contributed by atoms with Gasteiger partial charge in [0.05, 0.1) is 72.2 Å². The van der Waals surface area contributed by atoms with Gasteiger partial charge in [0.25, 0.3) is 0 Å². The number of anilines is 1. The van der Waals surface area contributed by atoms with Crippen molar-refractivity contribution in [3.05, 3.63) is 113 Å². The molecule has 0 bridgehead atoms. The topological polar surface area (TPSA) is 185 Å². The first-order chi connectivity index (χ1) is 30.6. The van der Waals surface area contributed by atoms with E-state index >= 15 is 0 Å².